The number of carboxylic acid groups (broad SMARTS) is 1. The molecule has 1 fully saturated rings. The lowest BCUT2D eigenvalue weighted by Gasteiger charge is -2.14. The molecule has 1 rings (SSSR count). The molecule has 0 radical (unpaired) electrons. The molecule has 3 atom stereocenters. The minimum atomic E-state index is -0.978. The van der Waals surface area contributed by atoms with Crippen LogP contribution in [0.3, 0.4) is 0 Å². The topological polar surface area (TPSA) is 77.8 Å². The number of carbonyl (C=O) groups is 1. The van der Waals surface area contributed by atoms with E-state index in [-0.39, 0.29) is 12.0 Å². The van der Waals surface area contributed by atoms with Crippen molar-refractivity contribution in [1.82, 2.24) is 0 Å². The first-order valence-electron chi connectivity index (χ1n) is 5.85. The van der Waals surface area contributed by atoms with Crippen LogP contribution in [0, 0.1) is 5.92 Å². The Bertz CT molecular complexity index is 272. The van der Waals surface area contributed by atoms with Crippen molar-refractivity contribution < 1.29 is 20.1 Å². The summed E-state index contributed by atoms with van der Waals surface area (Å²) in [7, 11) is 0. The number of aliphatic hydroxyl groups excluding tert-OH is 2. The second-order valence-corrected chi connectivity index (χ2v) is 4.41. The Balaban J connectivity index is 2.70. The van der Waals surface area contributed by atoms with Gasteiger partial charge >= 0.3 is 5.97 Å². The van der Waals surface area contributed by atoms with Gasteiger partial charge in [-0.05, 0) is 19.3 Å². The van der Waals surface area contributed by atoms with Gasteiger partial charge in [-0.1, -0.05) is 25.8 Å². The average molecular weight is 228 g/mol. The molecule has 0 heterocycles. The van der Waals surface area contributed by atoms with E-state index in [1.165, 1.54) is 0 Å². The van der Waals surface area contributed by atoms with Crippen molar-refractivity contribution in [1.29, 1.82) is 0 Å². The van der Waals surface area contributed by atoms with Crippen LogP contribution in [0.25, 0.3) is 0 Å². The maximum absolute atomic E-state index is 11.1. The van der Waals surface area contributed by atoms with Gasteiger partial charge in [0.05, 0.1) is 12.2 Å². The standard InChI is InChI=1S/C12H20O4/c1-2-3-4-5-9(12(15)16)10-6-8(13)7-11(10)14/h5,8,10-11,13-14H,2-4,6-7H2,1H3,(H,15,16). The number of carboxylic acids is 1. The van der Waals surface area contributed by atoms with Crippen LogP contribution in [0.1, 0.15) is 39.0 Å². The fourth-order valence-electron chi connectivity index (χ4n) is 2.18. The van der Waals surface area contributed by atoms with E-state index in [4.69, 9.17) is 5.11 Å². The predicted octanol–water partition coefficient (Wildman–Crippen LogP) is 1.32. The molecule has 0 aromatic carbocycles. The van der Waals surface area contributed by atoms with Gasteiger partial charge in [0.25, 0.3) is 0 Å². The van der Waals surface area contributed by atoms with E-state index in [1.54, 1.807) is 6.08 Å². The van der Waals surface area contributed by atoms with Crippen molar-refractivity contribution in [3.8, 4) is 0 Å². The monoisotopic (exact) mass is 228 g/mol. The third-order valence-electron chi connectivity index (χ3n) is 3.07. The van der Waals surface area contributed by atoms with E-state index in [0.29, 0.717) is 6.42 Å². The molecule has 1 aliphatic carbocycles. The number of aliphatic carboxylic acids is 1. The van der Waals surface area contributed by atoms with Crippen molar-refractivity contribution in [3.05, 3.63) is 11.6 Å². The summed E-state index contributed by atoms with van der Waals surface area (Å²) in [4.78, 5) is 11.1. The van der Waals surface area contributed by atoms with Gasteiger partial charge in [0, 0.05) is 11.5 Å². The van der Waals surface area contributed by atoms with Crippen LogP contribution in [0.15, 0.2) is 11.6 Å². The highest BCUT2D eigenvalue weighted by Gasteiger charge is 2.36. The van der Waals surface area contributed by atoms with Crippen LogP contribution in [-0.4, -0.2) is 33.5 Å². The van der Waals surface area contributed by atoms with Gasteiger partial charge < -0.3 is 15.3 Å². The lowest BCUT2D eigenvalue weighted by atomic mass is 9.94. The van der Waals surface area contributed by atoms with Crippen molar-refractivity contribution in [3.63, 3.8) is 0 Å². The third-order valence-corrected chi connectivity index (χ3v) is 3.07. The Morgan fingerprint density at radius 1 is 1.38 bits per heavy atom. The summed E-state index contributed by atoms with van der Waals surface area (Å²) in [5.41, 5.74) is 0.262. The molecule has 1 saturated carbocycles. The zero-order valence-corrected chi connectivity index (χ0v) is 9.59. The Morgan fingerprint density at radius 3 is 2.50 bits per heavy atom. The molecule has 0 aromatic heterocycles. The van der Waals surface area contributed by atoms with Crippen molar-refractivity contribution in [2.75, 3.05) is 0 Å². The maximum Gasteiger partial charge on any atom is 0.331 e. The number of hydrogen-bond acceptors (Lipinski definition) is 3. The Kier molecular flexibility index (Phi) is 4.96. The van der Waals surface area contributed by atoms with Crippen LogP contribution in [0.4, 0.5) is 0 Å². The molecule has 3 unspecified atom stereocenters. The van der Waals surface area contributed by atoms with Gasteiger partial charge in [0.1, 0.15) is 0 Å². The first-order valence-corrected chi connectivity index (χ1v) is 5.85. The average Bonchev–Trinajstić information content (AvgIpc) is 2.52. The molecule has 16 heavy (non-hydrogen) atoms. The molecule has 0 amide bonds. The van der Waals surface area contributed by atoms with Crippen molar-refractivity contribution in [2.24, 2.45) is 5.92 Å². The third kappa shape index (κ3) is 3.32. The van der Waals surface area contributed by atoms with Crippen molar-refractivity contribution in [2.45, 2.75) is 51.2 Å². The lowest BCUT2D eigenvalue weighted by molar-refractivity contribution is -0.133. The van der Waals surface area contributed by atoms with Crippen LogP contribution in [0.2, 0.25) is 0 Å². The lowest BCUT2D eigenvalue weighted by Crippen LogP contribution is -2.20. The largest absolute Gasteiger partial charge is 0.478 e. The molecule has 4 heteroatoms. The number of aliphatic hydroxyl groups is 2. The SMILES string of the molecule is CCCCC=C(C(=O)O)C1CC(O)CC1O. The summed E-state index contributed by atoms with van der Waals surface area (Å²) in [6.07, 6.45) is 3.71. The summed E-state index contributed by atoms with van der Waals surface area (Å²) in [5.74, 6) is -1.39. The second kappa shape index (κ2) is 6.01. The van der Waals surface area contributed by atoms with E-state index >= 15 is 0 Å². The minimum absolute atomic E-state index is 0.262. The van der Waals surface area contributed by atoms with Gasteiger partial charge in [-0.25, -0.2) is 4.79 Å². The quantitative estimate of drug-likeness (QED) is 0.490. The number of allylic oxidation sites excluding steroid dienone is 1. The smallest absolute Gasteiger partial charge is 0.331 e. The Hall–Kier alpha value is -0.870. The highest BCUT2D eigenvalue weighted by atomic mass is 16.4. The van der Waals surface area contributed by atoms with E-state index in [2.05, 4.69) is 0 Å². The molecule has 4 nitrogen and oxygen atoms in total. The number of hydrogen-bond donors (Lipinski definition) is 3. The fourth-order valence-corrected chi connectivity index (χ4v) is 2.18. The highest BCUT2D eigenvalue weighted by Crippen LogP contribution is 2.32. The molecule has 0 bridgehead atoms. The summed E-state index contributed by atoms with van der Waals surface area (Å²) >= 11 is 0. The van der Waals surface area contributed by atoms with Gasteiger partial charge in [0.15, 0.2) is 0 Å². The van der Waals surface area contributed by atoms with Crippen molar-refractivity contribution >= 4 is 5.97 Å². The van der Waals surface area contributed by atoms with Gasteiger partial charge in [0.2, 0.25) is 0 Å². The first-order chi connectivity index (χ1) is 7.56. The Morgan fingerprint density at radius 2 is 2.06 bits per heavy atom. The zero-order valence-electron chi connectivity index (χ0n) is 9.59. The zero-order chi connectivity index (χ0) is 12.1. The predicted molar refractivity (Wildman–Crippen MR) is 60.0 cm³/mol. The van der Waals surface area contributed by atoms with Crippen LogP contribution < -0.4 is 0 Å². The number of rotatable bonds is 5. The van der Waals surface area contributed by atoms with Crippen LogP contribution in [-0.2, 0) is 4.79 Å². The molecule has 3 N–H and O–H groups in total. The molecule has 0 aliphatic heterocycles. The van der Waals surface area contributed by atoms with Gasteiger partial charge in [-0.15, -0.1) is 0 Å². The summed E-state index contributed by atoms with van der Waals surface area (Å²) in [5, 5.41) is 28.1. The minimum Gasteiger partial charge on any atom is -0.478 e. The summed E-state index contributed by atoms with van der Waals surface area (Å²) < 4.78 is 0. The van der Waals surface area contributed by atoms with E-state index in [0.717, 1.165) is 19.3 Å². The summed E-state index contributed by atoms with van der Waals surface area (Å²) in [6, 6.07) is 0. The molecular weight excluding hydrogens is 208 g/mol. The molecule has 92 valence electrons. The van der Waals surface area contributed by atoms with Crippen LogP contribution >= 0.6 is 0 Å². The molecule has 0 spiro atoms. The van der Waals surface area contributed by atoms with Gasteiger partial charge in [-0.3, -0.25) is 0 Å². The normalized spacial score (nSPS) is 30.7. The highest BCUT2D eigenvalue weighted by molar-refractivity contribution is 5.87. The first kappa shape index (κ1) is 13.2. The Labute approximate surface area is 95.6 Å². The van der Waals surface area contributed by atoms with E-state index in [9.17, 15) is 15.0 Å². The number of unbranched alkanes of at least 4 members (excludes halogenated alkanes) is 2. The van der Waals surface area contributed by atoms with Crippen LogP contribution in [0.5, 0.6) is 0 Å². The fraction of sp³-hybridized carbons (Fsp3) is 0.750. The molecule has 0 saturated heterocycles. The molecule has 1 aliphatic rings. The second-order valence-electron chi connectivity index (χ2n) is 4.41. The summed E-state index contributed by atoms with van der Waals surface area (Å²) in [6.45, 7) is 2.04. The van der Waals surface area contributed by atoms with Gasteiger partial charge in [-0.2, -0.15) is 0 Å². The van der Waals surface area contributed by atoms with E-state index in [1.807, 2.05) is 6.92 Å². The molecule has 0 aromatic rings. The maximum atomic E-state index is 11.1. The molecular formula is C12H20O4. The van der Waals surface area contributed by atoms with E-state index < -0.39 is 24.1 Å².